The first kappa shape index (κ1) is 53.2. The largest absolute Gasteiger partial charge is 0.472 e. The molecule has 0 saturated carbocycles. The summed E-state index contributed by atoms with van der Waals surface area (Å²) < 4.78 is 23.6. The molecule has 0 aliphatic rings. The van der Waals surface area contributed by atoms with Gasteiger partial charge in [-0.3, -0.25) is 13.8 Å². The number of nitrogens with zero attached hydrogens (tertiary/aromatic N) is 1. The highest BCUT2D eigenvalue weighted by atomic mass is 31.2. The van der Waals surface area contributed by atoms with E-state index in [1.807, 2.05) is 21.1 Å². The fourth-order valence-corrected chi connectivity index (χ4v) is 7.54. The number of carbonyl (C=O) groups is 1. The smallest absolute Gasteiger partial charge is 0.391 e. The van der Waals surface area contributed by atoms with E-state index in [0.717, 1.165) is 51.4 Å². The third kappa shape index (κ3) is 39.5. The summed E-state index contributed by atoms with van der Waals surface area (Å²) >= 11 is 0. The van der Waals surface area contributed by atoms with Crippen LogP contribution in [0.1, 0.15) is 219 Å². The Hall–Kier alpha value is -0.760. The molecule has 54 heavy (non-hydrogen) atoms. The number of hydrogen-bond acceptors (Lipinski definition) is 5. The van der Waals surface area contributed by atoms with Crippen molar-refractivity contribution < 1.29 is 32.9 Å². The number of hydrogen-bond donors (Lipinski definition) is 3. The Labute approximate surface area is 335 Å². The van der Waals surface area contributed by atoms with Crippen molar-refractivity contribution in [1.82, 2.24) is 5.32 Å². The molecule has 0 heterocycles. The highest BCUT2D eigenvalue weighted by Gasteiger charge is 2.28. The van der Waals surface area contributed by atoms with Crippen LogP contribution in [-0.4, -0.2) is 73.4 Å². The van der Waals surface area contributed by atoms with Gasteiger partial charge in [0.15, 0.2) is 0 Å². The third-order valence-electron chi connectivity index (χ3n) is 10.5. The SMILES string of the molecule is CCCCCC/C=C\CCCCCCCC(=O)NC(COP(=O)(O)OCC[N+](C)(C)C)C(O)CCCCCCCCCCCCCCCCCCCCC. The Bertz CT molecular complexity index is 896. The van der Waals surface area contributed by atoms with Gasteiger partial charge in [0, 0.05) is 6.42 Å². The molecule has 1 amide bonds. The van der Waals surface area contributed by atoms with Crippen LogP contribution in [0.2, 0.25) is 0 Å². The molecule has 0 aromatic rings. The number of phosphoric acid groups is 1. The van der Waals surface area contributed by atoms with E-state index in [2.05, 4.69) is 31.3 Å². The van der Waals surface area contributed by atoms with Crippen molar-refractivity contribution in [2.45, 2.75) is 231 Å². The number of phosphoric ester groups is 1. The van der Waals surface area contributed by atoms with Gasteiger partial charge in [0.2, 0.25) is 5.91 Å². The summed E-state index contributed by atoms with van der Waals surface area (Å²) in [5, 5.41) is 14.0. The molecule has 0 rings (SSSR count). The molecule has 0 aliphatic heterocycles. The monoisotopic (exact) mass is 788 g/mol. The van der Waals surface area contributed by atoms with Gasteiger partial charge in [-0.2, -0.15) is 0 Å². The average molecular weight is 788 g/mol. The molecule has 9 heteroatoms. The van der Waals surface area contributed by atoms with Crippen LogP contribution in [-0.2, 0) is 18.4 Å². The minimum atomic E-state index is -4.31. The van der Waals surface area contributed by atoms with Gasteiger partial charge in [0.05, 0.1) is 39.9 Å². The summed E-state index contributed by atoms with van der Waals surface area (Å²) in [7, 11) is 1.62. The molecule has 0 spiro atoms. The lowest BCUT2D eigenvalue weighted by Gasteiger charge is -2.26. The van der Waals surface area contributed by atoms with E-state index < -0.39 is 20.0 Å². The van der Waals surface area contributed by atoms with E-state index in [-0.39, 0.29) is 19.1 Å². The molecule has 322 valence electrons. The lowest BCUT2D eigenvalue weighted by atomic mass is 10.0. The maximum Gasteiger partial charge on any atom is 0.472 e. The van der Waals surface area contributed by atoms with Gasteiger partial charge in [-0.1, -0.05) is 187 Å². The van der Waals surface area contributed by atoms with Gasteiger partial charge in [-0.15, -0.1) is 0 Å². The van der Waals surface area contributed by atoms with Crippen molar-refractivity contribution in [2.24, 2.45) is 0 Å². The lowest BCUT2D eigenvalue weighted by molar-refractivity contribution is -0.870. The van der Waals surface area contributed by atoms with Gasteiger partial charge in [-0.25, -0.2) is 4.57 Å². The highest BCUT2D eigenvalue weighted by molar-refractivity contribution is 7.47. The van der Waals surface area contributed by atoms with Crippen molar-refractivity contribution in [3.63, 3.8) is 0 Å². The van der Waals surface area contributed by atoms with E-state index in [4.69, 9.17) is 9.05 Å². The quantitative estimate of drug-likeness (QED) is 0.0246. The fraction of sp³-hybridized carbons (Fsp3) is 0.933. The van der Waals surface area contributed by atoms with Crippen LogP contribution < -0.4 is 5.32 Å². The van der Waals surface area contributed by atoms with E-state index >= 15 is 0 Å². The van der Waals surface area contributed by atoms with Crippen molar-refractivity contribution >= 4 is 13.7 Å². The number of likely N-dealkylation sites (N-methyl/N-ethyl adjacent to an activating group) is 1. The molecule has 0 aromatic heterocycles. The molecule has 3 unspecified atom stereocenters. The molecule has 0 saturated heterocycles. The minimum absolute atomic E-state index is 0.0749. The Morgan fingerprint density at radius 2 is 1.00 bits per heavy atom. The maximum absolute atomic E-state index is 12.9. The number of allylic oxidation sites excluding steroid dienone is 2. The molecule has 0 bridgehead atoms. The number of aliphatic hydroxyl groups excluding tert-OH is 1. The van der Waals surface area contributed by atoms with Gasteiger partial charge in [-0.05, 0) is 38.5 Å². The van der Waals surface area contributed by atoms with Gasteiger partial charge >= 0.3 is 7.82 Å². The number of carbonyl (C=O) groups excluding carboxylic acids is 1. The lowest BCUT2D eigenvalue weighted by Crippen LogP contribution is -2.46. The van der Waals surface area contributed by atoms with Crippen molar-refractivity contribution in [2.75, 3.05) is 40.9 Å². The van der Waals surface area contributed by atoms with Crippen molar-refractivity contribution in [3.05, 3.63) is 12.2 Å². The number of quaternary nitrogens is 1. The zero-order valence-electron chi connectivity index (χ0n) is 36.5. The predicted molar refractivity (Wildman–Crippen MR) is 231 cm³/mol. The van der Waals surface area contributed by atoms with Crippen LogP contribution in [0.5, 0.6) is 0 Å². The summed E-state index contributed by atoms with van der Waals surface area (Å²) in [6.07, 6.45) is 42.3. The van der Waals surface area contributed by atoms with E-state index in [0.29, 0.717) is 23.9 Å². The Kier molecular flexibility index (Phi) is 37.3. The second-order valence-electron chi connectivity index (χ2n) is 17.1. The van der Waals surface area contributed by atoms with Crippen LogP contribution in [0.4, 0.5) is 0 Å². The average Bonchev–Trinajstić information content (AvgIpc) is 3.12. The number of unbranched alkanes of at least 4 members (excludes halogenated alkanes) is 27. The molecule has 8 nitrogen and oxygen atoms in total. The Morgan fingerprint density at radius 1 is 0.611 bits per heavy atom. The number of amides is 1. The topological polar surface area (TPSA) is 105 Å². The third-order valence-corrected chi connectivity index (χ3v) is 11.5. The second-order valence-corrected chi connectivity index (χ2v) is 18.6. The van der Waals surface area contributed by atoms with Crippen LogP contribution in [0, 0.1) is 0 Å². The molecule has 0 aliphatic carbocycles. The van der Waals surface area contributed by atoms with Crippen LogP contribution in [0.25, 0.3) is 0 Å². The number of rotatable bonds is 42. The van der Waals surface area contributed by atoms with E-state index in [1.165, 1.54) is 141 Å². The molecule has 0 aromatic carbocycles. The molecule has 3 atom stereocenters. The summed E-state index contributed by atoms with van der Waals surface area (Å²) in [6.45, 7) is 4.88. The Morgan fingerprint density at radius 3 is 1.44 bits per heavy atom. The number of aliphatic hydroxyl groups is 1. The summed E-state index contributed by atoms with van der Waals surface area (Å²) in [6, 6.07) is -0.760. The first-order valence-corrected chi connectivity index (χ1v) is 24.5. The summed E-state index contributed by atoms with van der Waals surface area (Å²) in [5.74, 6) is -0.152. The standard InChI is InChI=1S/C45H91N2O6P/c1-6-8-10-12-14-16-18-20-21-22-23-24-25-27-28-30-32-34-36-38-44(48)43(42-53-54(50,51)52-41-40-47(3,4)5)46-45(49)39-37-35-33-31-29-26-19-17-15-13-11-9-7-2/h17,19,43-44,48H,6-16,18,20-42H2,1-5H3,(H-,46,49,50,51)/p+1/b19-17-. The van der Waals surface area contributed by atoms with Gasteiger partial charge in [0.1, 0.15) is 13.2 Å². The number of nitrogens with one attached hydrogen (secondary N) is 1. The van der Waals surface area contributed by atoms with Gasteiger partial charge in [0.25, 0.3) is 0 Å². The maximum atomic E-state index is 12.9. The molecule has 0 radical (unpaired) electrons. The zero-order valence-corrected chi connectivity index (χ0v) is 37.4. The predicted octanol–water partition coefficient (Wildman–Crippen LogP) is 12.8. The first-order chi connectivity index (χ1) is 26.0. The van der Waals surface area contributed by atoms with Crippen LogP contribution in [0.15, 0.2) is 12.2 Å². The summed E-state index contributed by atoms with van der Waals surface area (Å²) in [4.78, 5) is 23.1. The fourth-order valence-electron chi connectivity index (χ4n) is 6.81. The zero-order chi connectivity index (χ0) is 40.0. The molecular weight excluding hydrogens is 695 g/mol. The second kappa shape index (κ2) is 37.8. The van der Waals surface area contributed by atoms with E-state index in [1.54, 1.807) is 0 Å². The first-order valence-electron chi connectivity index (χ1n) is 23.1. The molecular formula is C45H92N2O6P+. The Balaban J connectivity index is 4.31. The highest BCUT2D eigenvalue weighted by Crippen LogP contribution is 2.43. The van der Waals surface area contributed by atoms with E-state index in [9.17, 15) is 19.4 Å². The van der Waals surface area contributed by atoms with Crippen LogP contribution >= 0.6 is 7.82 Å². The summed E-state index contributed by atoms with van der Waals surface area (Å²) in [5.41, 5.74) is 0. The minimum Gasteiger partial charge on any atom is -0.391 e. The molecule has 0 fully saturated rings. The normalized spacial score (nSPS) is 14.4. The molecule has 3 N–H and O–H groups in total. The van der Waals surface area contributed by atoms with Crippen molar-refractivity contribution in [1.29, 1.82) is 0 Å². The van der Waals surface area contributed by atoms with Gasteiger partial charge < -0.3 is 19.8 Å². The van der Waals surface area contributed by atoms with Crippen molar-refractivity contribution in [3.8, 4) is 0 Å². The van der Waals surface area contributed by atoms with Crippen LogP contribution in [0.3, 0.4) is 0 Å².